The van der Waals surface area contributed by atoms with Crippen molar-refractivity contribution < 1.29 is 13.2 Å². The molecular formula is C15H29F3N2. The van der Waals surface area contributed by atoms with Crippen LogP contribution in [0.2, 0.25) is 0 Å². The number of halogens is 3. The molecule has 0 spiro atoms. The van der Waals surface area contributed by atoms with E-state index in [2.05, 4.69) is 25.7 Å². The summed E-state index contributed by atoms with van der Waals surface area (Å²) in [7, 11) is 0. The van der Waals surface area contributed by atoms with Crippen molar-refractivity contribution in [3.05, 3.63) is 0 Å². The van der Waals surface area contributed by atoms with Gasteiger partial charge < -0.3 is 5.73 Å². The van der Waals surface area contributed by atoms with Crippen molar-refractivity contribution in [3.63, 3.8) is 0 Å². The molecule has 4 unspecified atom stereocenters. The fourth-order valence-corrected chi connectivity index (χ4v) is 3.46. The molecule has 0 saturated carbocycles. The van der Waals surface area contributed by atoms with Crippen LogP contribution in [0.1, 0.15) is 53.4 Å². The minimum atomic E-state index is -4.07. The summed E-state index contributed by atoms with van der Waals surface area (Å²) in [6, 6.07) is 0.380. The molecule has 120 valence electrons. The molecule has 1 rings (SSSR count). The van der Waals surface area contributed by atoms with E-state index in [4.69, 9.17) is 5.73 Å². The van der Waals surface area contributed by atoms with Gasteiger partial charge in [0.05, 0.1) is 0 Å². The van der Waals surface area contributed by atoms with Crippen LogP contribution in [0.25, 0.3) is 0 Å². The van der Waals surface area contributed by atoms with Crippen molar-refractivity contribution in [1.82, 2.24) is 4.90 Å². The van der Waals surface area contributed by atoms with Gasteiger partial charge in [-0.05, 0) is 44.9 Å². The minimum Gasteiger partial charge on any atom is -0.329 e. The van der Waals surface area contributed by atoms with Gasteiger partial charge in [0.15, 0.2) is 0 Å². The van der Waals surface area contributed by atoms with E-state index in [-0.39, 0.29) is 12.0 Å². The van der Waals surface area contributed by atoms with Crippen molar-refractivity contribution in [2.75, 3.05) is 13.1 Å². The molecular weight excluding hydrogens is 265 g/mol. The number of nitrogens with zero attached hydrogens (tertiary/aromatic N) is 1. The molecule has 0 bridgehead atoms. The highest BCUT2D eigenvalue weighted by molar-refractivity contribution is 4.95. The highest BCUT2D eigenvalue weighted by Gasteiger charge is 2.40. The lowest BCUT2D eigenvalue weighted by atomic mass is 9.80. The average Bonchev–Trinajstić information content (AvgIpc) is 2.31. The van der Waals surface area contributed by atoms with Crippen molar-refractivity contribution in [1.29, 1.82) is 0 Å². The van der Waals surface area contributed by atoms with Gasteiger partial charge in [-0.2, -0.15) is 13.2 Å². The van der Waals surface area contributed by atoms with Crippen LogP contribution in [-0.4, -0.2) is 35.7 Å². The number of alkyl halides is 3. The Bertz CT molecular complexity index is 306. The van der Waals surface area contributed by atoms with Crippen molar-refractivity contribution >= 4 is 0 Å². The van der Waals surface area contributed by atoms with Gasteiger partial charge in [-0.1, -0.05) is 13.8 Å². The number of likely N-dealkylation sites (tertiary alicyclic amines) is 1. The van der Waals surface area contributed by atoms with E-state index in [1.54, 1.807) is 0 Å². The maximum absolute atomic E-state index is 12.3. The molecule has 2 N–H and O–H groups in total. The lowest BCUT2D eigenvalue weighted by molar-refractivity contribution is -0.137. The first kappa shape index (κ1) is 17.8. The first-order chi connectivity index (χ1) is 9.09. The van der Waals surface area contributed by atoms with Gasteiger partial charge in [-0.25, -0.2) is 0 Å². The van der Waals surface area contributed by atoms with Crippen molar-refractivity contribution in [3.8, 4) is 0 Å². The molecule has 1 saturated heterocycles. The summed E-state index contributed by atoms with van der Waals surface area (Å²) >= 11 is 0. The molecule has 4 atom stereocenters. The lowest BCUT2D eigenvalue weighted by Crippen LogP contribution is -2.60. The average molecular weight is 294 g/mol. The summed E-state index contributed by atoms with van der Waals surface area (Å²) in [5, 5.41) is 0. The number of piperidine rings is 1. The Morgan fingerprint density at radius 2 is 1.75 bits per heavy atom. The predicted molar refractivity (Wildman–Crippen MR) is 76.5 cm³/mol. The van der Waals surface area contributed by atoms with Gasteiger partial charge in [0.1, 0.15) is 0 Å². The summed E-state index contributed by atoms with van der Waals surface area (Å²) in [6.45, 7) is 9.97. The fourth-order valence-electron chi connectivity index (χ4n) is 3.46. The first-order valence-electron chi connectivity index (χ1n) is 7.62. The van der Waals surface area contributed by atoms with E-state index in [9.17, 15) is 13.2 Å². The van der Waals surface area contributed by atoms with Crippen molar-refractivity contribution in [2.45, 2.75) is 71.1 Å². The van der Waals surface area contributed by atoms with Crippen LogP contribution >= 0.6 is 0 Å². The molecule has 2 nitrogen and oxygen atoms in total. The maximum Gasteiger partial charge on any atom is 0.389 e. The van der Waals surface area contributed by atoms with Crippen LogP contribution in [0.4, 0.5) is 13.2 Å². The highest BCUT2D eigenvalue weighted by atomic mass is 19.4. The third kappa shape index (κ3) is 4.62. The largest absolute Gasteiger partial charge is 0.389 e. The van der Waals surface area contributed by atoms with Crippen molar-refractivity contribution in [2.24, 2.45) is 17.6 Å². The lowest BCUT2D eigenvalue weighted by Gasteiger charge is -2.51. The van der Waals surface area contributed by atoms with E-state index < -0.39 is 12.6 Å². The second kappa shape index (κ2) is 6.65. The number of hydrogen-bond donors (Lipinski definition) is 1. The molecule has 20 heavy (non-hydrogen) atoms. The second-order valence-corrected chi connectivity index (χ2v) is 6.88. The van der Waals surface area contributed by atoms with Gasteiger partial charge in [0.25, 0.3) is 0 Å². The normalized spacial score (nSPS) is 32.1. The molecule has 0 aromatic carbocycles. The third-order valence-corrected chi connectivity index (χ3v) is 4.91. The van der Waals surface area contributed by atoms with Gasteiger partial charge >= 0.3 is 6.18 Å². The Kier molecular flexibility index (Phi) is 5.90. The molecule has 1 fully saturated rings. The Morgan fingerprint density at radius 3 is 2.25 bits per heavy atom. The van der Waals surface area contributed by atoms with E-state index >= 15 is 0 Å². The summed E-state index contributed by atoms with van der Waals surface area (Å²) in [6.07, 6.45) is -2.93. The summed E-state index contributed by atoms with van der Waals surface area (Å²) in [5.41, 5.74) is 5.59. The smallest absolute Gasteiger partial charge is 0.329 e. The third-order valence-electron chi connectivity index (χ3n) is 4.91. The van der Waals surface area contributed by atoms with Crippen LogP contribution in [0.15, 0.2) is 0 Å². The first-order valence-corrected chi connectivity index (χ1v) is 7.62. The topological polar surface area (TPSA) is 29.3 Å². The van der Waals surface area contributed by atoms with Crippen LogP contribution in [0, 0.1) is 11.8 Å². The maximum atomic E-state index is 12.3. The molecule has 0 radical (unpaired) electrons. The minimum absolute atomic E-state index is 0.156. The van der Waals surface area contributed by atoms with E-state index in [1.807, 2.05) is 6.92 Å². The molecule has 1 aliphatic heterocycles. The quantitative estimate of drug-likeness (QED) is 0.835. The Morgan fingerprint density at radius 1 is 1.15 bits per heavy atom. The van der Waals surface area contributed by atoms with Gasteiger partial charge in [0.2, 0.25) is 0 Å². The Labute approximate surface area is 120 Å². The van der Waals surface area contributed by atoms with Crippen LogP contribution in [0.5, 0.6) is 0 Å². The van der Waals surface area contributed by atoms with Crippen LogP contribution in [0.3, 0.4) is 0 Å². The zero-order chi connectivity index (χ0) is 15.6. The highest BCUT2D eigenvalue weighted by Crippen LogP contribution is 2.35. The van der Waals surface area contributed by atoms with Gasteiger partial charge in [-0.15, -0.1) is 0 Å². The Balaban J connectivity index is 2.70. The summed E-state index contributed by atoms with van der Waals surface area (Å²) < 4.78 is 37.0. The van der Waals surface area contributed by atoms with Crippen LogP contribution in [-0.2, 0) is 0 Å². The molecule has 1 heterocycles. The number of hydrogen-bond acceptors (Lipinski definition) is 2. The van der Waals surface area contributed by atoms with Crippen LogP contribution < -0.4 is 5.73 Å². The number of rotatable bonds is 5. The Hall–Kier alpha value is -0.290. The molecule has 0 aromatic heterocycles. The fraction of sp³-hybridized carbons (Fsp3) is 1.00. The summed E-state index contributed by atoms with van der Waals surface area (Å²) in [4.78, 5) is 2.35. The molecule has 5 heteroatoms. The molecule has 0 aromatic rings. The van der Waals surface area contributed by atoms with E-state index in [1.165, 1.54) is 6.42 Å². The van der Waals surface area contributed by atoms with Gasteiger partial charge in [0, 0.05) is 31.1 Å². The van der Waals surface area contributed by atoms with E-state index in [0.29, 0.717) is 30.8 Å². The van der Waals surface area contributed by atoms with E-state index in [0.717, 1.165) is 6.54 Å². The standard InChI is InChI=1S/C15H29F3N2/c1-11-8-12(2)13(3)20(9-11)14(4,10-19)6-5-7-15(16,17)18/h11-13H,5-10,19H2,1-4H3. The molecule has 1 aliphatic rings. The zero-order valence-corrected chi connectivity index (χ0v) is 13.1. The summed E-state index contributed by atoms with van der Waals surface area (Å²) in [5.74, 6) is 1.14. The SMILES string of the molecule is CC1CC(C)C(C)N(C(C)(CN)CCCC(F)(F)F)C1. The monoisotopic (exact) mass is 294 g/mol. The predicted octanol–water partition coefficient (Wildman–Crippen LogP) is 3.80. The molecule has 0 aliphatic carbocycles. The molecule has 0 amide bonds. The zero-order valence-electron chi connectivity index (χ0n) is 13.1. The number of nitrogens with two attached hydrogens (primary N) is 1. The second-order valence-electron chi connectivity index (χ2n) is 6.88. The van der Waals surface area contributed by atoms with Gasteiger partial charge in [-0.3, -0.25) is 4.90 Å².